The molecule has 0 N–H and O–H groups in total. The van der Waals surface area contributed by atoms with Gasteiger partial charge in [-0.05, 0) is 17.5 Å². The van der Waals surface area contributed by atoms with Gasteiger partial charge < -0.3 is 0 Å². The monoisotopic (exact) mass is 353 g/mol. The van der Waals surface area contributed by atoms with Gasteiger partial charge in [-0.15, -0.1) is 0 Å². The molecular formula is C20H14F3N3. The summed E-state index contributed by atoms with van der Waals surface area (Å²) < 4.78 is 40.3. The third kappa shape index (κ3) is 2.83. The van der Waals surface area contributed by atoms with E-state index in [2.05, 4.69) is 10.1 Å². The summed E-state index contributed by atoms with van der Waals surface area (Å²) in [5.74, 6) is 0. The summed E-state index contributed by atoms with van der Waals surface area (Å²) in [6.07, 6.45) is -4.47. The van der Waals surface area contributed by atoms with Crippen LogP contribution < -0.4 is 0 Å². The van der Waals surface area contributed by atoms with Crippen molar-refractivity contribution in [1.29, 1.82) is 0 Å². The summed E-state index contributed by atoms with van der Waals surface area (Å²) in [5, 5.41) is 5.73. The van der Waals surface area contributed by atoms with E-state index in [-0.39, 0.29) is 5.69 Å². The average molecular weight is 353 g/mol. The Kier molecular flexibility index (Phi) is 3.76. The largest absolute Gasteiger partial charge is 0.433 e. The zero-order valence-corrected chi connectivity index (χ0v) is 13.8. The van der Waals surface area contributed by atoms with E-state index in [9.17, 15) is 13.2 Å². The predicted octanol–water partition coefficient (Wildman–Crippen LogP) is 5.32. The van der Waals surface area contributed by atoms with Crippen LogP contribution in [0, 0.1) is 0 Å². The van der Waals surface area contributed by atoms with E-state index in [1.807, 2.05) is 60.7 Å². The summed E-state index contributed by atoms with van der Waals surface area (Å²) in [5.41, 5.74) is 1.43. The molecular weight excluding hydrogens is 339 g/mol. The minimum absolute atomic E-state index is 0.203. The van der Waals surface area contributed by atoms with Crippen LogP contribution in [0.2, 0.25) is 0 Å². The van der Waals surface area contributed by atoms with Gasteiger partial charge in [0.1, 0.15) is 11.4 Å². The highest BCUT2D eigenvalue weighted by atomic mass is 19.4. The number of alkyl halides is 3. The zero-order chi connectivity index (χ0) is 18.3. The van der Waals surface area contributed by atoms with Crippen molar-refractivity contribution in [3.8, 4) is 22.6 Å². The predicted molar refractivity (Wildman–Crippen MR) is 94.4 cm³/mol. The lowest BCUT2D eigenvalue weighted by molar-refractivity contribution is -0.143. The van der Waals surface area contributed by atoms with E-state index in [4.69, 9.17) is 0 Å². The van der Waals surface area contributed by atoms with E-state index in [0.29, 0.717) is 11.4 Å². The van der Waals surface area contributed by atoms with Crippen molar-refractivity contribution in [1.82, 2.24) is 14.8 Å². The van der Waals surface area contributed by atoms with Gasteiger partial charge in [-0.1, -0.05) is 54.6 Å². The summed E-state index contributed by atoms with van der Waals surface area (Å²) in [6.45, 7) is 0. The number of aromatic nitrogens is 3. The van der Waals surface area contributed by atoms with Gasteiger partial charge in [0.05, 0.1) is 11.4 Å². The molecule has 0 spiro atoms. The van der Waals surface area contributed by atoms with Crippen LogP contribution in [0.4, 0.5) is 13.2 Å². The molecule has 0 aliphatic rings. The fourth-order valence-corrected chi connectivity index (χ4v) is 3.00. The average Bonchev–Trinajstić information content (AvgIpc) is 3.03. The quantitative estimate of drug-likeness (QED) is 0.488. The molecule has 3 nitrogen and oxygen atoms in total. The van der Waals surface area contributed by atoms with Crippen LogP contribution in [0.1, 0.15) is 5.69 Å². The first-order valence-corrected chi connectivity index (χ1v) is 8.00. The number of aryl methyl sites for hydroxylation is 1. The van der Waals surface area contributed by atoms with E-state index in [1.165, 1.54) is 7.05 Å². The number of pyridine rings is 1. The molecule has 2 heterocycles. The Labute approximate surface area is 147 Å². The first-order valence-electron chi connectivity index (χ1n) is 8.00. The van der Waals surface area contributed by atoms with Gasteiger partial charge in [0.2, 0.25) is 0 Å². The molecule has 0 aliphatic carbocycles. The second-order valence-electron chi connectivity index (χ2n) is 5.98. The van der Waals surface area contributed by atoms with Crippen molar-refractivity contribution in [2.75, 3.05) is 0 Å². The minimum Gasteiger partial charge on any atom is -0.263 e. The maximum absolute atomic E-state index is 13.2. The Bertz CT molecular complexity index is 1080. The summed E-state index contributed by atoms with van der Waals surface area (Å²) >= 11 is 0. The van der Waals surface area contributed by atoms with Crippen LogP contribution in [-0.2, 0) is 13.2 Å². The maximum Gasteiger partial charge on any atom is 0.433 e. The van der Waals surface area contributed by atoms with Crippen LogP contribution in [-0.4, -0.2) is 14.8 Å². The zero-order valence-electron chi connectivity index (χ0n) is 13.8. The second kappa shape index (κ2) is 5.98. The van der Waals surface area contributed by atoms with Crippen molar-refractivity contribution in [3.05, 3.63) is 72.4 Å². The molecule has 0 amide bonds. The van der Waals surface area contributed by atoms with Crippen LogP contribution in [0.25, 0.3) is 33.4 Å². The summed E-state index contributed by atoms with van der Waals surface area (Å²) in [7, 11) is 1.29. The van der Waals surface area contributed by atoms with Gasteiger partial charge in [-0.25, -0.2) is 4.98 Å². The molecule has 0 fully saturated rings. The standard InChI is InChI=1S/C20H14F3N3/c1-26-18(20(21,22)23)12-17(25-26)19-15-10-6-5-9-14(15)11-16(24-19)13-7-3-2-4-8-13/h2-12H,1H3. The van der Waals surface area contributed by atoms with Gasteiger partial charge in [-0.3, -0.25) is 4.68 Å². The van der Waals surface area contributed by atoms with E-state index < -0.39 is 11.9 Å². The Hall–Kier alpha value is -3.15. The highest BCUT2D eigenvalue weighted by molar-refractivity contribution is 5.96. The Balaban J connectivity index is 1.97. The number of fused-ring (bicyclic) bond motifs is 1. The fraction of sp³-hybridized carbons (Fsp3) is 0.100. The van der Waals surface area contributed by atoms with E-state index in [0.717, 1.165) is 27.1 Å². The molecule has 0 saturated heterocycles. The molecule has 26 heavy (non-hydrogen) atoms. The van der Waals surface area contributed by atoms with Crippen molar-refractivity contribution in [2.45, 2.75) is 6.18 Å². The molecule has 0 bridgehead atoms. The van der Waals surface area contributed by atoms with Crippen molar-refractivity contribution in [2.24, 2.45) is 7.05 Å². The van der Waals surface area contributed by atoms with Gasteiger partial charge in [0, 0.05) is 18.0 Å². The van der Waals surface area contributed by atoms with Crippen LogP contribution in [0.5, 0.6) is 0 Å². The molecule has 6 heteroatoms. The summed E-state index contributed by atoms with van der Waals surface area (Å²) in [4.78, 5) is 4.63. The van der Waals surface area contributed by atoms with Gasteiger partial charge >= 0.3 is 6.18 Å². The molecule has 0 saturated carbocycles. The van der Waals surface area contributed by atoms with Crippen molar-refractivity contribution in [3.63, 3.8) is 0 Å². The molecule has 0 radical (unpaired) electrons. The number of benzene rings is 2. The summed E-state index contributed by atoms with van der Waals surface area (Å²) in [6, 6.07) is 20.0. The number of rotatable bonds is 2. The SMILES string of the molecule is Cn1nc(-c2nc(-c3ccccc3)cc3ccccc23)cc1C(F)(F)F. The molecule has 130 valence electrons. The van der Waals surface area contributed by atoms with Crippen LogP contribution >= 0.6 is 0 Å². The van der Waals surface area contributed by atoms with Gasteiger partial charge in [0.15, 0.2) is 0 Å². The Morgan fingerprint density at radius 1 is 0.846 bits per heavy atom. The third-order valence-electron chi connectivity index (χ3n) is 4.22. The topological polar surface area (TPSA) is 30.7 Å². The minimum atomic E-state index is -4.47. The van der Waals surface area contributed by atoms with Crippen molar-refractivity contribution < 1.29 is 13.2 Å². The molecule has 0 aliphatic heterocycles. The Morgan fingerprint density at radius 3 is 2.23 bits per heavy atom. The molecule has 2 aromatic heterocycles. The Morgan fingerprint density at radius 2 is 1.54 bits per heavy atom. The maximum atomic E-state index is 13.2. The van der Waals surface area contributed by atoms with E-state index >= 15 is 0 Å². The lowest BCUT2D eigenvalue weighted by Crippen LogP contribution is -2.11. The first-order chi connectivity index (χ1) is 12.4. The molecule has 4 rings (SSSR count). The van der Waals surface area contributed by atoms with Crippen molar-refractivity contribution >= 4 is 10.8 Å². The number of hydrogen-bond donors (Lipinski definition) is 0. The fourth-order valence-electron chi connectivity index (χ4n) is 3.00. The first kappa shape index (κ1) is 16.3. The highest BCUT2D eigenvalue weighted by Crippen LogP contribution is 2.34. The van der Waals surface area contributed by atoms with E-state index in [1.54, 1.807) is 0 Å². The number of hydrogen-bond acceptors (Lipinski definition) is 2. The third-order valence-corrected chi connectivity index (χ3v) is 4.22. The molecule has 4 aromatic rings. The van der Waals surface area contributed by atoms with Crippen LogP contribution in [0.15, 0.2) is 66.7 Å². The molecule has 0 unspecified atom stereocenters. The second-order valence-corrected chi connectivity index (χ2v) is 5.98. The normalized spacial score (nSPS) is 11.8. The van der Waals surface area contributed by atoms with Gasteiger partial charge in [-0.2, -0.15) is 18.3 Å². The highest BCUT2D eigenvalue weighted by Gasteiger charge is 2.35. The molecule has 2 aromatic carbocycles. The van der Waals surface area contributed by atoms with Gasteiger partial charge in [0.25, 0.3) is 0 Å². The number of halogens is 3. The van der Waals surface area contributed by atoms with Crippen LogP contribution in [0.3, 0.4) is 0 Å². The number of nitrogens with zero attached hydrogens (tertiary/aromatic N) is 3. The lowest BCUT2D eigenvalue weighted by Gasteiger charge is -2.08. The smallest absolute Gasteiger partial charge is 0.263 e. The lowest BCUT2D eigenvalue weighted by atomic mass is 10.0. The molecule has 0 atom stereocenters.